The molecule has 0 amide bonds. The quantitative estimate of drug-likeness (QED) is 0.648. The Bertz CT molecular complexity index is 82.4. The van der Waals surface area contributed by atoms with E-state index in [9.17, 15) is 0 Å². The highest BCUT2D eigenvalue weighted by Gasteiger charge is 2.20. The highest BCUT2D eigenvalue weighted by Crippen LogP contribution is 2.39. The second-order valence-corrected chi connectivity index (χ2v) is 5.85. The van der Waals surface area contributed by atoms with Gasteiger partial charge in [-0.1, -0.05) is 6.92 Å². The van der Waals surface area contributed by atoms with Crippen molar-refractivity contribution < 1.29 is 0 Å². The molecule has 0 aromatic carbocycles. The Hall–Kier alpha value is 1.05. The largest absolute Gasteiger partial charge is 0.179 e. The fourth-order valence-electron chi connectivity index (χ4n) is 0.837. The molecule has 0 aromatic heterocycles. The minimum Gasteiger partial charge on any atom is -0.179 e. The molecule has 3 heteroatoms. The standard InChI is InChI=1S/C6H12S3/c1-5-4-8-6(9-5)2-3-7/h5-7H,2-4H2,1H3. The van der Waals surface area contributed by atoms with Crippen LogP contribution in [0.3, 0.4) is 0 Å². The van der Waals surface area contributed by atoms with Crippen LogP contribution < -0.4 is 0 Å². The Morgan fingerprint density at radius 3 is 2.89 bits per heavy atom. The van der Waals surface area contributed by atoms with Crippen LogP contribution in [0.1, 0.15) is 13.3 Å². The molecule has 0 aliphatic carbocycles. The van der Waals surface area contributed by atoms with Gasteiger partial charge in [0.15, 0.2) is 0 Å². The molecule has 0 aromatic rings. The van der Waals surface area contributed by atoms with E-state index in [0.717, 1.165) is 15.6 Å². The van der Waals surface area contributed by atoms with Crippen molar-refractivity contribution in [2.24, 2.45) is 0 Å². The van der Waals surface area contributed by atoms with E-state index in [4.69, 9.17) is 0 Å². The molecule has 0 nitrogen and oxygen atoms in total. The van der Waals surface area contributed by atoms with E-state index in [1.54, 1.807) is 0 Å². The van der Waals surface area contributed by atoms with Crippen LogP contribution in [0, 0.1) is 0 Å². The van der Waals surface area contributed by atoms with Gasteiger partial charge in [-0.3, -0.25) is 0 Å². The van der Waals surface area contributed by atoms with Crippen LogP contribution >= 0.6 is 36.2 Å². The van der Waals surface area contributed by atoms with Crippen molar-refractivity contribution in [3.63, 3.8) is 0 Å². The predicted molar refractivity (Wildman–Crippen MR) is 51.8 cm³/mol. The van der Waals surface area contributed by atoms with E-state index < -0.39 is 0 Å². The average Bonchev–Trinajstić information content (AvgIpc) is 2.17. The molecular weight excluding hydrogens is 168 g/mol. The second-order valence-electron chi connectivity index (χ2n) is 2.22. The van der Waals surface area contributed by atoms with Gasteiger partial charge in [-0.15, -0.1) is 23.5 Å². The highest BCUT2D eigenvalue weighted by molar-refractivity contribution is 8.20. The zero-order valence-corrected chi connectivity index (χ0v) is 8.07. The van der Waals surface area contributed by atoms with Gasteiger partial charge in [0.25, 0.3) is 0 Å². The molecule has 1 aliphatic heterocycles. The summed E-state index contributed by atoms with van der Waals surface area (Å²) in [5.74, 6) is 2.38. The number of rotatable bonds is 2. The van der Waals surface area contributed by atoms with Gasteiger partial charge in [0.1, 0.15) is 0 Å². The summed E-state index contributed by atoms with van der Waals surface area (Å²) in [4.78, 5) is 0. The first-order valence-corrected chi connectivity index (χ1v) is 5.83. The Balaban J connectivity index is 2.14. The fourth-order valence-corrected chi connectivity index (χ4v) is 4.66. The van der Waals surface area contributed by atoms with Crippen molar-refractivity contribution in [2.75, 3.05) is 11.5 Å². The summed E-state index contributed by atoms with van der Waals surface area (Å²) in [5.41, 5.74) is 0. The average molecular weight is 180 g/mol. The summed E-state index contributed by atoms with van der Waals surface area (Å²) in [6.07, 6.45) is 1.27. The Kier molecular flexibility index (Phi) is 3.66. The lowest BCUT2D eigenvalue weighted by Crippen LogP contribution is -1.93. The first kappa shape index (κ1) is 8.15. The lowest BCUT2D eigenvalue weighted by atomic mass is 10.6. The highest BCUT2D eigenvalue weighted by atomic mass is 32.2. The molecule has 0 radical (unpaired) electrons. The first-order valence-electron chi connectivity index (χ1n) is 3.21. The summed E-state index contributed by atoms with van der Waals surface area (Å²) in [6.45, 7) is 2.30. The van der Waals surface area contributed by atoms with Crippen LogP contribution in [0.15, 0.2) is 0 Å². The molecule has 54 valence electrons. The topological polar surface area (TPSA) is 0 Å². The van der Waals surface area contributed by atoms with Crippen LogP contribution in [0.4, 0.5) is 0 Å². The van der Waals surface area contributed by atoms with Gasteiger partial charge in [0.2, 0.25) is 0 Å². The summed E-state index contributed by atoms with van der Waals surface area (Å²) in [6, 6.07) is 0. The van der Waals surface area contributed by atoms with E-state index in [-0.39, 0.29) is 0 Å². The summed E-state index contributed by atoms with van der Waals surface area (Å²) in [7, 11) is 0. The van der Waals surface area contributed by atoms with E-state index >= 15 is 0 Å². The molecule has 1 saturated heterocycles. The third-order valence-electron chi connectivity index (χ3n) is 1.27. The van der Waals surface area contributed by atoms with Crippen LogP contribution in [0.5, 0.6) is 0 Å². The van der Waals surface area contributed by atoms with Gasteiger partial charge in [-0.05, 0) is 12.2 Å². The normalized spacial score (nSPS) is 35.3. The third-order valence-corrected chi connectivity index (χ3v) is 4.95. The zero-order chi connectivity index (χ0) is 6.69. The molecule has 2 atom stereocenters. The van der Waals surface area contributed by atoms with Crippen LogP contribution in [-0.4, -0.2) is 21.3 Å². The molecule has 1 fully saturated rings. The molecule has 0 N–H and O–H groups in total. The maximum absolute atomic E-state index is 4.20. The SMILES string of the molecule is CC1CSC(CCS)S1. The second kappa shape index (κ2) is 4.04. The van der Waals surface area contributed by atoms with Gasteiger partial charge >= 0.3 is 0 Å². The van der Waals surface area contributed by atoms with E-state index in [2.05, 4.69) is 43.1 Å². The van der Waals surface area contributed by atoms with Crippen molar-refractivity contribution >= 4 is 36.2 Å². The number of thioether (sulfide) groups is 2. The van der Waals surface area contributed by atoms with Crippen LogP contribution in [0.2, 0.25) is 0 Å². The molecule has 9 heavy (non-hydrogen) atoms. The maximum Gasteiger partial charge on any atom is 0.0513 e. The summed E-state index contributed by atoms with van der Waals surface area (Å²) >= 11 is 8.39. The molecule has 0 bridgehead atoms. The minimum absolute atomic E-state index is 0.845. The smallest absolute Gasteiger partial charge is 0.0513 e. The Morgan fingerprint density at radius 1 is 1.67 bits per heavy atom. The van der Waals surface area contributed by atoms with Gasteiger partial charge in [0.05, 0.1) is 4.58 Å². The zero-order valence-electron chi connectivity index (χ0n) is 5.54. The van der Waals surface area contributed by atoms with E-state index in [1.807, 2.05) is 0 Å². The predicted octanol–water partition coefficient (Wildman–Crippen LogP) is 2.50. The molecule has 1 heterocycles. The monoisotopic (exact) mass is 180 g/mol. The van der Waals surface area contributed by atoms with Crippen LogP contribution in [-0.2, 0) is 0 Å². The van der Waals surface area contributed by atoms with Crippen molar-refractivity contribution in [1.29, 1.82) is 0 Å². The van der Waals surface area contributed by atoms with Gasteiger partial charge in [-0.25, -0.2) is 0 Å². The lowest BCUT2D eigenvalue weighted by Gasteiger charge is -2.03. The third kappa shape index (κ3) is 2.64. The van der Waals surface area contributed by atoms with E-state index in [0.29, 0.717) is 0 Å². The van der Waals surface area contributed by atoms with Gasteiger partial charge < -0.3 is 0 Å². The van der Waals surface area contributed by atoms with Gasteiger partial charge in [0, 0.05) is 11.0 Å². The Labute approximate surface area is 71.0 Å². The molecule has 1 aliphatic rings. The van der Waals surface area contributed by atoms with Gasteiger partial charge in [-0.2, -0.15) is 12.6 Å². The molecule has 0 spiro atoms. The van der Waals surface area contributed by atoms with Crippen molar-refractivity contribution in [1.82, 2.24) is 0 Å². The van der Waals surface area contributed by atoms with E-state index in [1.165, 1.54) is 12.2 Å². The number of hydrogen-bond donors (Lipinski definition) is 1. The lowest BCUT2D eigenvalue weighted by molar-refractivity contribution is 1.08. The molecule has 2 unspecified atom stereocenters. The summed E-state index contributed by atoms with van der Waals surface area (Å²) < 4.78 is 0.845. The number of thiol groups is 1. The summed E-state index contributed by atoms with van der Waals surface area (Å²) in [5, 5.41) is 0.875. The molecule has 0 saturated carbocycles. The minimum atomic E-state index is 0.845. The van der Waals surface area contributed by atoms with Crippen molar-refractivity contribution in [3.05, 3.63) is 0 Å². The Morgan fingerprint density at radius 2 is 2.44 bits per heavy atom. The van der Waals surface area contributed by atoms with Crippen molar-refractivity contribution in [3.8, 4) is 0 Å². The number of hydrogen-bond acceptors (Lipinski definition) is 3. The first-order chi connectivity index (χ1) is 4.33. The fraction of sp³-hybridized carbons (Fsp3) is 1.00. The van der Waals surface area contributed by atoms with Crippen molar-refractivity contribution in [2.45, 2.75) is 23.2 Å². The molecular formula is C6H12S3. The maximum atomic E-state index is 4.20. The van der Waals surface area contributed by atoms with Crippen LogP contribution in [0.25, 0.3) is 0 Å². The molecule has 1 rings (SSSR count).